The van der Waals surface area contributed by atoms with Crippen molar-refractivity contribution in [3.63, 3.8) is 0 Å². The molecule has 1 amide bonds. The summed E-state index contributed by atoms with van der Waals surface area (Å²) in [6, 6.07) is 1.73. The van der Waals surface area contributed by atoms with E-state index in [0.717, 1.165) is 28.3 Å². The van der Waals surface area contributed by atoms with Gasteiger partial charge in [0, 0.05) is 37.0 Å². The molecule has 1 aliphatic heterocycles. The maximum absolute atomic E-state index is 12.5. The largest absolute Gasteiger partial charge is 0.342 e. The predicted octanol–water partition coefficient (Wildman–Crippen LogP) is 1.23. The molecular weight excluding hydrogens is 340 g/mol. The Morgan fingerprint density at radius 3 is 2.72 bits per heavy atom. The van der Waals surface area contributed by atoms with Gasteiger partial charge in [0.05, 0.1) is 17.2 Å². The number of sulfone groups is 1. The molecule has 2 aromatic rings. The minimum absolute atomic E-state index is 0.0300. The van der Waals surface area contributed by atoms with Gasteiger partial charge in [0.25, 0.3) is 0 Å². The van der Waals surface area contributed by atoms with Gasteiger partial charge in [-0.1, -0.05) is 0 Å². The van der Waals surface area contributed by atoms with Crippen molar-refractivity contribution in [2.45, 2.75) is 46.1 Å². The van der Waals surface area contributed by atoms with E-state index in [0.29, 0.717) is 19.3 Å². The van der Waals surface area contributed by atoms with Crippen LogP contribution < -0.4 is 0 Å². The van der Waals surface area contributed by atoms with Gasteiger partial charge in [-0.2, -0.15) is 5.10 Å². The first kappa shape index (κ1) is 17.8. The van der Waals surface area contributed by atoms with Crippen molar-refractivity contribution in [2.24, 2.45) is 0 Å². The summed E-state index contributed by atoms with van der Waals surface area (Å²) in [6.45, 7) is 5.86. The van der Waals surface area contributed by atoms with E-state index in [-0.39, 0.29) is 23.5 Å². The zero-order valence-corrected chi connectivity index (χ0v) is 15.9. The van der Waals surface area contributed by atoms with Crippen LogP contribution in [0.4, 0.5) is 0 Å². The fourth-order valence-corrected chi connectivity index (χ4v) is 5.27. The molecular formula is C17H24N4O3S. The van der Waals surface area contributed by atoms with Crippen LogP contribution >= 0.6 is 0 Å². The summed E-state index contributed by atoms with van der Waals surface area (Å²) in [5.74, 6) is 0.220. The summed E-state index contributed by atoms with van der Waals surface area (Å²) in [5, 5.41) is 4.45. The lowest BCUT2D eigenvalue weighted by Gasteiger charge is -2.23. The van der Waals surface area contributed by atoms with E-state index in [2.05, 4.69) is 10.1 Å². The van der Waals surface area contributed by atoms with E-state index in [1.807, 2.05) is 31.4 Å². The number of aromatic nitrogens is 3. The van der Waals surface area contributed by atoms with Crippen molar-refractivity contribution in [2.75, 3.05) is 18.6 Å². The molecule has 2 aromatic heterocycles. The molecule has 1 atom stereocenters. The average molecular weight is 364 g/mol. The standard InChI is InChI=1S/C17H24N4O3S/c1-11-9-16-18-12(2)15(13(3)21(16)19-11)5-6-17(22)20(4)14-7-8-25(23,24)10-14/h9,14H,5-8,10H2,1-4H3/t14-/m1/s1. The molecule has 25 heavy (non-hydrogen) atoms. The van der Waals surface area contributed by atoms with Crippen molar-refractivity contribution in [3.8, 4) is 0 Å². The molecule has 3 rings (SSSR count). The van der Waals surface area contributed by atoms with Crippen LogP contribution in [0.25, 0.3) is 5.65 Å². The van der Waals surface area contributed by atoms with Crippen LogP contribution in [0.5, 0.6) is 0 Å². The molecule has 8 heteroatoms. The highest BCUT2D eigenvalue weighted by molar-refractivity contribution is 7.91. The SMILES string of the molecule is Cc1cc2nc(C)c(CCC(=O)N(C)[C@@H]3CCS(=O)(=O)C3)c(C)n2n1. The zero-order chi connectivity index (χ0) is 18.4. The van der Waals surface area contributed by atoms with E-state index in [9.17, 15) is 13.2 Å². The molecule has 0 aromatic carbocycles. The lowest BCUT2D eigenvalue weighted by Crippen LogP contribution is -2.38. The molecule has 1 saturated heterocycles. The van der Waals surface area contributed by atoms with E-state index >= 15 is 0 Å². The molecule has 0 N–H and O–H groups in total. The molecule has 0 unspecified atom stereocenters. The van der Waals surface area contributed by atoms with Crippen molar-refractivity contribution in [3.05, 3.63) is 28.7 Å². The second-order valence-corrected chi connectivity index (χ2v) is 9.11. The molecule has 0 saturated carbocycles. The first-order chi connectivity index (χ1) is 11.7. The molecule has 7 nitrogen and oxygen atoms in total. The minimum atomic E-state index is -2.99. The Kier molecular flexibility index (Phi) is 4.57. The predicted molar refractivity (Wildman–Crippen MR) is 95.3 cm³/mol. The summed E-state index contributed by atoms with van der Waals surface area (Å²) in [6.07, 6.45) is 1.44. The minimum Gasteiger partial charge on any atom is -0.342 e. The third-order valence-corrected chi connectivity index (χ3v) is 6.77. The molecule has 3 heterocycles. The van der Waals surface area contributed by atoms with Gasteiger partial charge in [-0.05, 0) is 39.2 Å². The van der Waals surface area contributed by atoms with Crippen molar-refractivity contribution in [1.82, 2.24) is 19.5 Å². The van der Waals surface area contributed by atoms with Crippen LogP contribution in [0.15, 0.2) is 6.07 Å². The maximum atomic E-state index is 12.5. The number of nitrogens with zero attached hydrogens (tertiary/aromatic N) is 4. The number of carbonyl (C=O) groups is 1. The normalized spacial score (nSPS) is 19.4. The van der Waals surface area contributed by atoms with Gasteiger partial charge in [0.1, 0.15) is 0 Å². The van der Waals surface area contributed by atoms with Gasteiger partial charge in [0.2, 0.25) is 5.91 Å². The summed E-state index contributed by atoms with van der Waals surface area (Å²) in [7, 11) is -1.29. The van der Waals surface area contributed by atoms with E-state index < -0.39 is 9.84 Å². The van der Waals surface area contributed by atoms with Gasteiger partial charge >= 0.3 is 0 Å². The van der Waals surface area contributed by atoms with Crippen LogP contribution in [-0.2, 0) is 21.1 Å². The third-order valence-electron chi connectivity index (χ3n) is 5.02. The average Bonchev–Trinajstić information content (AvgIpc) is 3.07. The van der Waals surface area contributed by atoms with Crippen LogP contribution in [0.1, 0.15) is 35.5 Å². The Balaban J connectivity index is 1.73. The summed E-state index contributed by atoms with van der Waals surface area (Å²) in [5.41, 5.74) is 4.65. The number of rotatable bonds is 4. The number of hydrogen-bond donors (Lipinski definition) is 0. The number of amides is 1. The van der Waals surface area contributed by atoms with Crippen LogP contribution in [0.3, 0.4) is 0 Å². The number of carbonyl (C=O) groups excluding carboxylic acids is 1. The number of aryl methyl sites for hydroxylation is 3. The lowest BCUT2D eigenvalue weighted by atomic mass is 10.1. The second-order valence-electron chi connectivity index (χ2n) is 6.88. The first-order valence-electron chi connectivity index (χ1n) is 8.46. The number of fused-ring (bicyclic) bond motifs is 1. The third kappa shape index (κ3) is 3.53. The molecule has 1 aliphatic rings. The highest BCUT2D eigenvalue weighted by Crippen LogP contribution is 2.20. The van der Waals surface area contributed by atoms with Crippen LogP contribution in [0.2, 0.25) is 0 Å². The molecule has 0 aliphatic carbocycles. The lowest BCUT2D eigenvalue weighted by molar-refractivity contribution is -0.131. The molecule has 136 valence electrons. The van der Waals surface area contributed by atoms with Gasteiger partial charge in [-0.15, -0.1) is 0 Å². The smallest absolute Gasteiger partial charge is 0.222 e. The second kappa shape index (κ2) is 6.40. The summed E-state index contributed by atoms with van der Waals surface area (Å²) >= 11 is 0. The number of hydrogen-bond acceptors (Lipinski definition) is 5. The van der Waals surface area contributed by atoms with Crippen molar-refractivity contribution < 1.29 is 13.2 Å². The van der Waals surface area contributed by atoms with Crippen LogP contribution in [0, 0.1) is 20.8 Å². The van der Waals surface area contributed by atoms with E-state index in [4.69, 9.17) is 0 Å². The Morgan fingerprint density at radius 2 is 2.08 bits per heavy atom. The Labute approximate surface area is 148 Å². The van der Waals surface area contributed by atoms with Crippen molar-refractivity contribution in [1.29, 1.82) is 0 Å². The monoisotopic (exact) mass is 364 g/mol. The van der Waals surface area contributed by atoms with Gasteiger partial charge < -0.3 is 4.90 Å². The summed E-state index contributed by atoms with van der Waals surface area (Å²) < 4.78 is 25.0. The fraction of sp³-hybridized carbons (Fsp3) is 0.588. The van der Waals surface area contributed by atoms with E-state index in [1.54, 1.807) is 11.9 Å². The fourth-order valence-electron chi connectivity index (χ4n) is 3.50. The van der Waals surface area contributed by atoms with Gasteiger partial charge in [-0.25, -0.2) is 17.9 Å². The van der Waals surface area contributed by atoms with Crippen molar-refractivity contribution >= 4 is 21.4 Å². The Bertz CT molecular complexity index is 933. The van der Waals surface area contributed by atoms with E-state index in [1.165, 1.54) is 0 Å². The molecule has 0 bridgehead atoms. The summed E-state index contributed by atoms with van der Waals surface area (Å²) in [4.78, 5) is 18.7. The maximum Gasteiger partial charge on any atom is 0.222 e. The highest BCUT2D eigenvalue weighted by Gasteiger charge is 2.32. The molecule has 0 spiro atoms. The Morgan fingerprint density at radius 1 is 1.36 bits per heavy atom. The van der Waals surface area contributed by atoms with Crippen LogP contribution in [-0.4, -0.2) is 58.4 Å². The zero-order valence-electron chi connectivity index (χ0n) is 15.1. The molecule has 0 radical (unpaired) electrons. The Hall–Kier alpha value is -1.96. The topological polar surface area (TPSA) is 84.6 Å². The first-order valence-corrected chi connectivity index (χ1v) is 10.3. The quantitative estimate of drug-likeness (QED) is 0.815. The molecule has 1 fully saturated rings. The van der Waals surface area contributed by atoms with Gasteiger partial charge in [-0.3, -0.25) is 4.79 Å². The van der Waals surface area contributed by atoms with Gasteiger partial charge in [0.15, 0.2) is 15.5 Å². The highest BCUT2D eigenvalue weighted by atomic mass is 32.2.